The van der Waals surface area contributed by atoms with Crippen molar-refractivity contribution in [3.63, 3.8) is 0 Å². The first-order chi connectivity index (χ1) is 18.4. The van der Waals surface area contributed by atoms with Crippen molar-refractivity contribution in [2.45, 2.75) is 51.2 Å². The van der Waals surface area contributed by atoms with Crippen LogP contribution in [0.3, 0.4) is 0 Å². The van der Waals surface area contributed by atoms with Crippen molar-refractivity contribution >= 4 is 28.8 Å². The minimum atomic E-state index is -1.11. The summed E-state index contributed by atoms with van der Waals surface area (Å²) in [5.74, 6) is -0.243. The fourth-order valence-electron chi connectivity index (χ4n) is 4.85. The van der Waals surface area contributed by atoms with Crippen LogP contribution < -0.4 is 10.6 Å². The summed E-state index contributed by atoms with van der Waals surface area (Å²) in [5, 5.41) is 9.32. The summed E-state index contributed by atoms with van der Waals surface area (Å²) >= 11 is 0. The quantitative estimate of drug-likeness (QED) is 0.329. The number of amides is 3. The number of hydrogen-bond donors (Lipinski definition) is 3. The van der Waals surface area contributed by atoms with Gasteiger partial charge in [-0.25, -0.2) is 4.98 Å². The first kappa shape index (κ1) is 25.2. The SMILES string of the molecule is Cc1cc(C(=O)N[C@@H](CC(=O)N2CCC[C@@H]2c2ccccc2)C(=O)NC(C)c2nc3ccccc3[nH]2)no1. The van der Waals surface area contributed by atoms with Crippen molar-refractivity contribution in [3.05, 3.63) is 83.5 Å². The van der Waals surface area contributed by atoms with Gasteiger partial charge in [0.2, 0.25) is 11.8 Å². The molecule has 2 aromatic carbocycles. The average Bonchev–Trinajstić information content (AvgIpc) is 3.68. The van der Waals surface area contributed by atoms with Crippen LogP contribution in [0, 0.1) is 6.92 Å². The Morgan fingerprint density at radius 3 is 2.61 bits per heavy atom. The van der Waals surface area contributed by atoms with Gasteiger partial charge in [-0.1, -0.05) is 47.6 Å². The fourth-order valence-corrected chi connectivity index (χ4v) is 4.85. The molecule has 4 aromatic rings. The Morgan fingerprint density at radius 2 is 1.87 bits per heavy atom. The molecule has 3 heterocycles. The lowest BCUT2D eigenvalue weighted by molar-refractivity contribution is -0.135. The summed E-state index contributed by atoms with van der Waals surface area (Å²) in [6.45, 7) is 4.06. The van der Waals surface area contributed by atoms with Gasteiger partial charge in [-0.3, -0.25) is 14.4 Å². The Morgan fingerprint density at radius 1 is 1.11 bits per heavy atom. The highest BCUT2D eigenvalue weighted by atomic mass is 16.5. The number of fused-ring (bicyclic) bond motifs is 1. The standard InChI is InChI=1S/C28H30N6O4/c1-17-15-23(33-38-17)28(37)32-22(16-25(35)34-14-8-13-24(34)19-9-4-3-5-10-19)27(36)29-18(2)26-30-20-11-6-7-12-21(20)31-26/h3-7,9-12,15,18,22,24H,8,13-14,16H2,1-2H3,(H,29,36)(H,30,31)(H,32,37)/t18?,22-,24+/m0/s1. The van der Waals surface area contributed by atoms with Gasteiger partial charge in [-0.05, 0) is 44.4 Å². The van der Waals surface area contributed by atoms with E-state index in [0.29, 0.717) is 18.1 Å². The van der Waals surface area contributed by atoms with Crippen molar-refractivity contribution in [3.8, 4) is 0 Å². The maximum atomic E-state index is 13.5. The fraction of sp³-hybridized carbons (Fsp3) is 0.321. The van der Waals surface area contributed by atoms with E-state index in [1.165, 1.54) is 6.07 Å². The number of carbonyl (C=O) groups excluding carboxylic acids is 3. The Hall–Kier alpha value is -4.47. The number of aromatic amines is 1. The third kappa shape index (κ3) is 5.44. The molecule has 1 aliphatic heterocycles. The molecule has 10 nitrogen and oxygen atoms in total. The Balaban J connectivity index is 1.33. The molecule has 3 amide bonds. The molecular weight excluding hydrogens is 484 g/mol. The number of aryl methyl sites for hydroxylation is 1. The predicted octanol–water partition coefficient (Wildman–Crippen LogP) is 3.59. The zero-order valence-corrected chi connectivity index (χ0v) is 21.3. The zero-order valence-electron chi connectivity index (χ0n) is 21.3. The molecule has 196 valence electrons. The molecule has 0 aliphatic carbocycles. The molecule has 1 unspecified atom stereocenters. The smallest absolute Gasteiger partial charge is 0.274 e. The van der Waals surface area contributed by atoms with Crippen LogP contribution in [-0.2, 0) is 9.59 Å². The lowest BCUT2D eigenvalue weighted by Gasteiger charge is -2.27. The highest BCUT2D eigenvalue weighted by molar-refractivity contribution is 5.98. The van der Waals surface area contributed by atoms with Gasteiger partial charge in [-0.2, -0.15) is 0 Å². The molecule has 0 spiro atoms. The van der Waals surface area contributed by atoms with Gasteiger partial charge in [0.25, 0.3) is 5.91 Å². The van der Waals surface area contributed by atoms with Crippen LogP contribution in [0.25, 0.3) is 11.0 Å². The molecular formula is C28H30N6O4. The molecule has 5 rings (SSSR count). The second-order valence-electron chi connectivity index (χ2n) is 9.58. The number of likely N-dealkylation sites (tertiary alicyclic amines) is 1. The predicted molar refractivity (Wildman–Crippen MR) is 140 cm³/mol. The van der Waals surface area contributed by atoms with Crippen LogP contribution >= 0.6 is 0 Å². The maximum absolute atomic E-state index is 13.5. The molecule has 10 heteroatoms. The van der Waals surface area contributed by atoms with Crippen molar-refractivity contribution in [1.29, 1.82) is 0 Å². The number of rotatable bonds is 8. The molecule has 1 fully saturated rings. The first-order valence-corrected chi connectivity index (χ1v) is 12.7. The Kier molecular flexibility index (Phi) is 7.21. The molecule has 1 aliphatic rings. The van der Waals surface area contributed by atoms with Crippen LogP contribution in [0.2, 0.25) is 0 Å². The van der Waals surface area contributed by atoms with E-state index in [1.807, 2.05) is 54.6 Å². The number of H-pyrrole nitrogens is 1. The van der Waals surface area contributed by atoms with Gasteiger partial charge in [-0.15, -0.1) is 0 Å². The van der Waals surface area contributed by atoms with Crippen LogP contribution in [0.15, 0.2) is 65.2 Å². The number of nitrogens with one attached hydrogen (secondary N) is 3. The van der Waals surface area contributed by atoms with E-state index in [0.717, 1.165) is 29.4 Å². The number of hydrogen-bond acceptors (Lipinski definition) is 6. The van der Waals surface area contributed by atoms with Gasteiger partial charge in [0, 0.05) is 12.6 Å². The lowest BCUT2D eigenvalue weighted by atomic mass is 10.0. The van der Waals surface area contributed by atoms with E-state index in [4.69, 9.17) is 4.52 Å². The maximum Gasteiger partial charge on any atom is 0.274 e. The van der Waals surface area contributed by atoms with Crippen molar-refractivity contribution in [2.75, 3.05) is 6.54 Å². The van der Waals surface area contributed by atoms with E-state index in [9.17, 15) is 14.4 Å². The van der Waals surface area contributed by atoms with Crippen molar-refractivity contribution in [2.24, 2.45) is 0 Å². The lowest BCUT2D eigenvalue weighted by Crippen LogP contribution is -2.50. The second kappa shape index (κ2) is 10.9. The third-order valence-electron chi connectivity index (χ3n) is 6.80. The van der Waals surface area contributed by atoms with Gasteiger partial charge >= 0.3 is 0 Å². The topological polar surface area (TPSA) is 133 Å². The summed E-state index contributed by atoms with van der Waals surface area (Å²) in [4.78, 5) is 49.3. The number of benzene rings is 2. The summed E-state index contributed by atoms with van der Waals surface area (Å²) in [6.07, 6.45) is 1.53. The summed E-state index contributed by atoms with van der Waals surface area (Å²) in [7, 11) is 0. The average molecular weight is 515 g/mol. The summed E-state index contributed by atoms with van der Waals surface area (Å²) < 4.78 is 5.01. The highest BCUT2D eigenvalue weighted by Crippen LogP contribution is 2.32. The molecule has 3 atom stereocenters. The van der Waals surface area contributed by atoms with Crippen LogP contribution in [0.5, 0.6) is 0 Å². The molecule has 3 N–H and O–H groups in total. The normalized spacial score (nSPS) is 16.8. The molecule has 2 aromatic heterocycles. The van der Waals surface area contributed by atoms with E-state index >= 15 is 0 Å². The minimum Gasteiger partial charge on any atom is -0.361 e. The summed E-state index contributed by atoms with van der Waals surface area (Å²) in [6, 6.07) is 17.2. The number of nitrogens with zero attached hydrogens (tertiary/aromatic N) is 3. The first-order valence-electron chi connectivity index (χ1n) is 12.7. The number of para-hydroxylation sites is 2. The number of imidazole rings is 1. The minimum absolute atomic E-state index is 0.0430. The monoisotopic (exact) mass is 514 g/mol. The molecule has 38 heavy (non-hydrogen) atoms. The van der Waals surface area contributed by atoms with Gasteiger partial charge < -0.3 is 25.0 Å². The van der Waals surface area contributed by atoms with E-state index in [1.54, 1.807) is 18.7 Å². The Labute approximate surface area is 219 Å². The highest BCUT2D eigenvalue weighted by Gasteiger charge is 2.34. The van der Waals surface area contributed by atoms with Gasteiger partial charge in [0.15, 0.2) is 5.69 Å². The summed E-state index contributed by atoms with van der Waals surface area (Å²) in [5.41, 5.74) is 2.73. The number of aromatic nitrogens is 3. The molecule has 1 saturated heterocycles. The van der Waals surface area contributed by atoms with Crippen molar-refractivity contribution in [1.82, 2.24) is 30.7 Å². The zero-order chi connectivity index (χ0) is 26.6. The van der Waals surface area contributed by atoms with Crippen LogP contribution in [-0.4, -0.2) is 50.3 Å². The van der Waals surface area contributed by atoms with Crippen LogP contribution in [0.4, 0.5) is 0 Å². The van der Waals surface area contributed by atoms with Crippen LogP contribution in [0.1, 0.15) is 65.9 Å². The van der Waals surface area contributed by atoms with Gasteiger partial charge in [0.05, 0.1) is 29.5 Å². The van der Waals surface area contributed by atoms with E-state index in [2.05, 4.69) is 25.8 Å². The largest absolute Gasteiger partial charge is 0.361 e. The molecule has 0 bridgehead atoms. The second-order valence-corrected chi connectivity index (χ2v) is 9.58. The molecule has 0 saturated carbocycles. The molecule has 0 radical (unpaired) electrons. The van der Waals surface area contributed by atoms with Gasteiger partial charge in [0.1, 0.15) is 17.6 Å². The van der Waals surface area contributed by atoms with E-state index in [-0.39, 0.29) is 24.1 Å². The number of carbonyl (C=O) groups is 3. The Bertz CT molecular complexity index is 1410. The van der Waals surface area contributed by atoms with Crippen molar-refractivity contribution < 1.29 is 18.9 Å². The van der Waals surface area contributed by atoms with E-state index < -0.39 is 23.9 Å². The third-order valence-corrected chi connectivity index (χ3v) is 6.80.